The normalized spacial score (nSPS) is 15.2. The van der Waals surface area contributed by atoms with E-state index in [-0.39, 0.29) is 6.79 Å². The average Bonchev–Trinajstić information content (AvgIpc) is 2.59. The molecule has 0 aromatic heterocycles. The molecule has 0 radical (unpaired) electrons. The number of hydrogen-bond donors (Lipinski definition) is 1. The highest BCUT2D eigenvalue weighted by molar-refractivity contribution is 5.53. The van der Waals surface area contributed by atoms with Gasteiger partial charge in [-0.25, -0.2) is 4.39 Å². The lowest BCUT2D eigenvalue weighted by Gasteiger charge is -2.23. The van der Waals surface area contributed by atoms with Crippen molar-refractivity contribution in [2.45, 2.75) is 39.0 Å². The fourth-order valence-electron chi connectivity index (χ4n) is 1.81. The van der Waals surface area contributed by atoms with E-state index in [9.17, 15) is 9.50 Å². The van der Waals surface area contributed by atoms with E-state index in [1.807, 2.05) is 0 Å². The van der Waals surface area contributed by atoms with E-state index in [1.165, 1.54) is 13.8 Å². The second kappa shape index (κ2) is 3.60. The Bertz CT molecular complexity index is 441. The lowest BCUT2D eigenvalue weighted by molar-refractivity contribution is 0.0741. The standard InChI is InChI=1S/C13H17FO3/c1-12(2,14)8-5-9(13(3,4)15)11-10(6-8)16-7-17-11/h5-6,15H,7H2,1-4H3. The molecular formula is C13H17FO3. The fraction of sp³-hybridized carbons (Fsp3) is 0.538. The second-order valence-corrected chi connectivity index (χ2v) is 5.29. The van der Waals surface area contributed by atoms with E-state index in [0.717, 1.165) is 0 Å². The van der Waals surface area contributed by atoms with Gasteiger partial charge in [0.25, 0.3) is 0 Å². The minimum Gasteiger partial charge on any atom is -0.454 e. The second-order valence-electron chi connectivity index (χ2n) is 5.29. The maximum absolute atomic E-state index is 14.0. The highest BCUT2D eigenvalue weighted by Gasteiger charge is 2.31. The molecule has 0 fully saturated rings. The Kier molecular flexibility index (Phi) is 2.58. The molecule has 1 heterocycles. The minimum atomic E-state index is -1.49. The average molecular weight is 240 g/mol. The molecule has 1 aliphatic rings. The summed E-state index contributed by atoms with van der Waals surface area (Å²) < 4.78 is 24.6. The van der Waals surface area contributed by atoms with Gasteiger partial charge in [0.05, 0.1) is 5.60 Å². The third-order valence-corrected chi connectivity index (χ3v) is 2.82. The quantitative estimate of drug-likeness (QED) is 0.863. The molecule has 17 heavy (non-hydrogen) atoms. The molecule has 0 aliphatic carbocycles. The molecule has 0 saturated heterocycles. The van der Waals surface area contributed by atoms with E-state index < -0.39 is 11.3 Å². The Hall–Kier alpha value is -1.29. The number of halogens is 1. The third kappa shape index (κ3) is 2.22. The van der Waals surface area contributed by atoms with Crippen LogP contribution in [0.5, 0.6) is 11.5 Å². The Morgan fingerprint density at radius 1 is 1.18 bits per heavy atom. The van der Waals surface area contributed by atoms with Gasteiger partial charge >= 0.3 is 0 Å². The van der Waals surface area contributed by atoms with Crippen LogP contribution in [0.3, 0.4) is 0 Å². The summed E-state index contributed by atoms with van der Waals surface area (Å²) in [4.78, 5) is 0. The summed E-state index contributed by atoms with van der Waals surface area (Å²) in [5.41, 5.74) is -1.56. The van der Waals surface area contributed by atoms with Crippen LogP contribution in [0.1, 0.15) is 38.8 Å². The maximum Gasteiger partial charge on any atom is 0.231 e. The van der Waals surface area contributed by atoms with Crippen LogP contribution in [0.4, 0.5) is 4.39 Å². The molecule has 1 aliphatic heterocycles. The zero-order valence-electron chi connectivity index (χ0n) is 10.5. The van der Waals surface area contributed by atoms with E-state index >= 15 is 0 Å². The molecule has 2 rings (SSSR count). The zero-order chi connectivity index (χ0) is 12.8. The van der Waals surface area contributed by atoms with E-state index in [1.54, 1.807) is 26.0 Å². The van der Waals surface area contributed by atoms with Gasteiger partial charge < -0.3 is 14.6 Å². The molecule has 0 saturated carbocycles. The number of hydrogen-bond acceptors (Lipinski definition) is 3. The van der Waals surface area contributed by atoms with Crippen molar-refractivity contribution in [3.63, 3.8) is 0 Å². The van der Waals surface area contributed by atoms with Crippen molar-refractivity contribution in [2.24, 2.45) is 0 Å². The Morgan fingerprint density at radius 2 is 1.82 bits per heavy atom. The van der Waals surface area contributed by atoms with Gasteiger partial charge in [-0.15, -0.1) is 0 Å². The molecular weight excluding hydrogens is 223 g/mol. The molecule has 1 aromatic carbocycles. The van der Waals surface area contributed by atoms with Gasteiger partial charge in [0.2, 0.25) is 6.79 Å². The molecule has 3 nitrogen and oxygen atoms in total. The van der Waals surface area contributed by atoms with Crippen LogP contribution >= 0.6 is 0 Å². The number of alkyl halides is 1. The first-order valence-electron chi connectivity index (χ1n) is 5.55. The molecule has 0 spiro atoms. The monoisotopic (exact) mass is 240 g/mol. The van der Waals surface area contributed by atoms with Crippen molar-refractivity contribution < 1.29 is 19.0 Å². The summed E-state index contributed by atoms with van der Waals surface area (Å²) in [6.07, 6.45) is 0. The smallest absolute Gasteiger partial charge is 0.231 e. The van der Waals surface area contributed by atoms with Gasteiger partial charge in [-0.3, -0.25) is 0 Å². The number of rotatable bonds is 2. The number of aliphatic hydroxyl groups is 1. The van der Waals surface area contributed by atoms with Crippen molar-refractivity contribution in [3.05, 3.63) is 23.3 Å². The molecule has 0 unspecified atom stereocenters. The third-order valence-electron chi connectivity index (χ3n) is 2.82. The molecule has 1 N–H and O–H groups in total. The summed E-state index contributed by atoms with van der Waals surface area (Å²) >= 11 is 0. The van der Waals surface area contributed by atoms with Crippen LogP contribution in [0.15, 0.2) is 12.1 Å². The summed E-state index contributed by atoms with van der Waals surface area (Å²) in [6, 6.07) is 3.26. The summed E-state index contributed by atoms with van der Waals surface area (Å²) in [5, 5.41) is 10.1. The van der Waals surface area contributed by atoms with E-state index in [4.69, 9.17) is 9.47 Å². The Balaban J connectivity index is 2.62. The van der Waals surface area contributed by atoms with Gasteiger partial charge in [0.1, 0.15) is 5.67 Å². The highest BCUT2D eigenvalue weighted by Crippen LogP contribution is 2.44. The van der Waals surface area contributed by atoms with Gasteiger partial charge in [-0.2, -0.15) is 0 Å². The first kappa shape index (κ1) is 12.2. The topological polar surface area (TPSA) is 38.7 Å². The highest BCUT2D eigenvalue weighted by atomic mass is 19.1. The molecule has 0 amide bonds. The van der Waals surface area contributed by atoms with Gasteiger partial charge in [0.15, 0.2) is 11.5 Å². The van der Waals surface area contributed by atoms with Crippen LogP contribution in [0.2, 0.25) is 0 Å². The first-order chi connectivity index (χ1) is 7.69. The number of ether oxygens (including phenoxy) is 2. The molecule has 94 valence electrons. The predicted molar refractivity (Wildman–Crippen MR) is 61.9 cm³/mol. The SMILES string of the molecule is CC(C)(O)c1cc(C(C)(C)F)cc2c1OCO2. The lowest BCUT2D eigenvalue weighted by Crippen LogP contribution is -2.18. The zero-order valence-corrected chi connectivity index (χ0v) is 10.5. The number of fused-ring (bicyclic) bond motifs is 1. The first-order valence-corrected chi connectivity index (χ1v) is 5.55. The largest absolute Gasteiger partial charge is 0.454 e. The Labute approximate surface area is 100 Å². The van der Waals surface area contributed by atoms with E-state index in [2.05, 4.69) is 0 Å². The lowest BCUT2D eigenvalue weighted by atomic mass is 9.90. The Morgan fingerprint density at radius 3 is 2.35 bits per heavy atom. The fourth-order valence-corrected chi connectivity index (χ4v) is 1.81. The van der Waals surface area contributed by atoms with Crippen molar-refractivity contribution in [3.8, 4) is 11.5 Å². The summed E-state index contributed by atoms with van der Waals surface area (Å²) in [7, 11) is 0. The maximum atomic E-state index is 14.0. The molecule has 4 heteroatoms. The molecule has 0 atom stereocenters. The van der Waals surface area contributed by atoms with Gasteiger partial charge in [-0.1, -0.05) is 0 Å². The molecule has 0 bridgehead atoms. The van der Waals surface area contributed by atoms with E-state index in [0.29, 0.717) is 22.6 Å². The molecule has 1 aromatic rings. The van der Waals surface area contributed by atoms with Gasteiger partial charge in [-0.05, 0) is 45.4 Å². The van der Waals surface area contributed by atoms with Crippen LogP contribution in [-0.2, 0) is 11.3 Å². The van der Waals surface area contributed by atoms with Crippen molar-refractivity contribution in [1.29, 1.82) is 0 Å². The van der Waals surface area contributed by atoms with Crippen molar-refractivity contribution in [2.75, 3.05) is 6.79 Å². The van der Waals surface area contributed by atoms with Gasteiger partial charge in [0, 0.05) is 5.56 Å². The van der Waals surface area contributed by atoms with Crippen LogP contribution in [0.25, 0.3) is 0 Å². The number of benzene rings is 1. The van der Waals surface area contributed by atoms with Crippen molar-refractivity contribution in [1.82, 2.24) is 0 Å². The van der Waals surface area contributed by atoms with Crippen LogP contribution in [-0.4, -0.2) is 11.9 Å². The van der Waals surface area contributed by atoms with Crippen LogP contribution in [0, 0.1) is 0 Å². The van der Waals surface area contributed by atoms with Crippen molar-refractivity contribution >= 4 is 0 Å². The minimum absolute atomic E-state index is 0.106. The predicted octanol–water partition coefficient (Wildman–Crippen LogP) is 2.85. The summed E-state index contributed by atoms with van der Waals surface area (Å²) in [6.45, 7) is 6.32. The van der Waals surface area contributed by atoms with Crippen LogP contribution < -0.4 is 9.47 Å². The summed E-state index contributed by atoms with van der Waals surface area (Å²) in [5.74, 6) is 0.996.